The van der Waals surface area contributed by atoms with Gasteiger partial charge in [0.05, 0.1) is 32.1 Å². The van der Waals surface area contributed by atoms with Crippen LogP contribution in [0.5, 0.6) is 11.5 Å². The monoisotopic (exact) mass is 563 g/mol. The molecule has 8 nitrogen and oxygen atoms in total. The summed E-state index contributed by atoms with van der Waals surface area (Å²) in [6.45, 7) is 3.11. The molecule has 2 aliphatic heterocycles. The van der Waals surface area contributed by atoms with E-state index in [2.05, 4.69) is 17.1 Å². The molecule has 214 valence electrons. The van der Waals surface area contributed by atoms with Crippen molar-refractivity contribution in [2.24, 2.45) is 0 Å². The van der Waals surface area contributed by atoms with Crippen LogP contribution in [0.25, 0.3) is 0 Å². The number of aromatic nitrogens is 1. The van der Waals surface area contributed by atoms with Gasteiger partial charge in [-0.2, -0.15) is 0 Å². The lowest BCUT2D eigenvalue weighted by Crippen LogP contribution is -2.24. The van der Waals surface area contributed by atoms with Crippen molar-refractivity contribution in [1.29, 1.82) is 0 Å². The van der Waals surface area contributed by atoms with Crippen molar-refractivity contribution >= 4 is 17.5 Å². The van der Waals surface area contributed by atoms with Crippen LogP contribution in [0.15, 0.2) is 79.0 Å². The molecule has 1 N–H and O–H groups in total. The molecule has 1 aromatic heterocycles. The van der Waals surface area contributed by atoms with Crippen molar-refractivity contribution in [2.45, 2.75) is 52.1 Å². The predicted octanol–water partition coefficient (Wildman–Crippen LogP) is 5.30. The summed E-state index contributed by atoms with van der Waals surface area (Å²) in [4.78, 5) is 34.3. The van der Waals surface area contributed by atoms with Crippen molar-refractivity contribution in [2.75, 3.05) is 12.0 Å². The molecule has 3 heterocycles. The predicted molar refractivity (Wildman–Crippen MR) is 159 cm³/mol. The van der Waals surface area contributed by atoms with Gasteiger partial charge in [-0.25, -0.2) is 0 Å². The van der Waals surface area contributed by atoms with Gasteiger partial charge in [-0.15, -0.1) is 0 Å². The van der Waals surface area contributed by atoms with Gasteiger partial charge in [0.25, 0.3) is 11.8 Å². The van der Waals surface area contributed by atoms with E-state index in [0.717, 1.165) is 35.2 Å². The second kappa shape index (κ2) is 11.7. The number of carbonyl (C=O) groups excluding carboxylic acids is 2. The zero-order valence-electron chi connectivity index (χ0n) is 23.7. The van der Waals surface area contributed by atoms with Gasteiger partial charge in [-0.3, -0.25) is 14.6 Å². The van der Waals surface area contributed by atoms with Crippen LogP contribution in [0.1, 0.15) is 62.0 Å². The van der Waals surface area contributed by atoms with Crippen LogP contribution in [-0.2, 0) is 32.7 Å². The Kier molecular flexibility index (Phi) is 7.63. The van der Waals surface area contributed by atoms with E-state index < -0.39 is 0 Å². The molecule has 8 heteroatoms. The number of anilines is 1. The standard InChI is InChI=1S/C34H33N3O5/c1-22(8-9-23-6-4-3-5-7-23)42-32-16-28(12-13-31(32)41-2)37-20-25-11-10-24(14-29(25)34(37)40)18-36-19-26-17-35-27(21-38)15-30(26)33(36)39/h3-7,10-17,22,38H,8-9,18-21H2,1-2H3. The number of nitrogens with zero attached hydrogens (tertiary/aromatic N) is 3. The van der Waals surface area contributed by atoms with Gasteiger partial charge in [0.15, 0.2) is 11.5 Å². The molecule has 6 rings (SSSR count). The molecule has 0 fully saturated rings. The van der Waals surface area contributed by atoms with E-state index in [0.29, 0.717) is 48.0 Å². The molecule has 4 aromatic rings. The molecule has 1 unspecified atom stereocenters. The number of hydrogen-bond acceptors (Lipinski definition) is 6. The first-order chi connectivity index (χ1) is 20.4. The highest BCUT2D eigenvalue weighted by molar-refractivity contribution is 6.10. The lowest BCUT2D eigenvalue weighted by Gasteiger charge is -2.21. The number of fused-ring (bicyclic) bond motifs is 2. The Labute approximate surface area is 245 Å². The molecular formula is C34H33N3O5. The van der Waals surface area contributed by atoms with Crippen LogP contribution in [0.2, 0.25) is 0 Å². The summed E-state index contributed by atoms with van der Waals surface area (Å²) in [5, 5.41) is 9.38. The van der Waals surface area contributed by atoms with Gasteiger partial charge in [0.1, 0.15) is 0 Å². The van der Waals surface area contributed by atoms with E-state index in [4.69, 9.17) is 9.47 Å². The van der Waals surface area contributed by atoms with Gasteiger partial charge >= 0.3 is 0 Å². The summed E-state index contributed by atoms with van der Waals surface area (Å²) in [6, 6.07) is 23.4. The first-order valence-electron chi connectivity index (χ1n) is 14.1. The first kappa shape index (κ1) is 27.5. The zero-order chi connectivity index (χ0) is 29.2. The molecule has 0 saturated carbocycles. The van der Waals surface area contributed by atoms with E-state index in [1.54, 1.807) is 29.2 Å². The number of aliphatic hydroxyl groups excluding tert-OH is 1. The number of pyridine rings is 1. The normalized spacial score (nSPS) is 14.6. The Balaban J connectivity index is 1.15. The second-order valence-electron chi connectivity index (χ2n) is 10.8. The Morgan fingerprint density at radius 1 is 0.881 bits per heavy atom. The van der Waals surface area contributed by atoms with Crippen molar-refractivity contribution in [3.05, 3.63) is 118 Å². The van der Waals surface area contributed by atoms with E-state index in [1.165, 1.54) is 5.56 Å². The highest BCUT2D eigenvalue weighted by Gasteiger charge is 2.31. The molecule has 3 aromatic carbocycles. The lowest BCUT2D eigenvalue weighted by atomic mass is 10.1. The fraction of sp³-hybridized carbons (Fsp3) is 0.265. The fourth-order valence-corrected chi connectivity index (χ4v) is 5.61. The van der Waals surface area contributed by atoms with Crippen molar-refractivity contribution in [3.8, 4) is 11.5 Å². The summed E-state index contributed by atoms with van der Waals surface area (Å²) < 4.78 is 11.9. The molecule has 0 saturated heterocycles. The second-order valence-corrected chi connectivity index (χ2v) is 10.8. The Morgan fingerprint density at radius 3 is 2.48 bits per heavy atom. The molecule has 2 amide bonds. The summed E-state index contributed by atoms with van der Waals surface area (Å²) in [5.74, 6) is 1.03. The fourth-order valence-electron chi connectivity index (χ4n) is 5.61. The average molecular weight is 564 g/mol. The van der Waals surface area contributed by atoms with Crippen molar-refractivity contribution in [3.63, 3.8) is 0 Å². The number of hydrogen-bond donors (Lipinski definition) is 1. The number of ether oxygens (including phenoxy) is 2. The van der Waals surface area contributed by atoms with Gasteiger partial charge in [-0.05, 0) is 60.7 Å². The van der Waals surface area contributed by atoms with Gasteiger partial charge < -0.3 is 24.4 Å². The van der Waals surface area contributed by atoms with Crippen LogP contribution >= 0.6 is 0 Å². The minimum atomic E-state index is -0.209. The Morgan fingerprint density at radius 2 is 1.69 bits per heavy atom. The molecular weight excluding hydrogens is 530 g/mol. The number of rotatable bonds is 10. The van der Waals surface area contributed by atoms with Gasteiger partial charge in [0, 0.05) is 47.7 Å². The van der Waals surface area contributed by atoms with E-state index in [-0.39, 0.29) is 24.5 Å². The molecule has 42 heavy (non-hydrogen) atoms. The number of aryl methyl sites for hydroxylation is 1. The van der Waals surface area contributed by atoms with Crippen LogP contribution in [0.3, 0.4) is 0 Å². The maximum atomic E-state index is 13.6. The third kappa shape index (κ3) is 5.45. The maximum absolute atomic E-state index is 13.6. The minimum Gasteiger partial charge on any atom is -0.493 e. The molecule has 0 radical (unpaired) electrons. The topological polar surface area (TPSA) is 92.2 Å². The highest BCUT2D eigenvalue weighted by atomic mass is 16.5. The molecule has 0 spiro atoms. The highest BCUT2D eigenvalue weighted by Crippen LogP contribution is 2.37. The van der Waals surface area contributed by atoms with Crippen LogP contribution in [0.4, 0.5) is 5.69 Å². The first-order valence-corrected chi connectivity index (χ1v) is 14.1. The molecule has 1 atom stereocenters. The maximum Gasteiger partial charge on any atom is 0.258 e. The number of aliphatic hydroxyl groups is 1. The number of amides is 2. The minimum absolute atomic E-state index is 0.0474. The van der Waals surface area contributed by atoms with Crippen LogP contribution in [0, 0.1) is 0 Å². The molecule has 0 aliphatic carbocycles. The smallest absolute Gasteiger partial charge is 0.258 e. The summed E-state index contributed by atoms with van der Waals surface area (Å²) in [7, 11) is 1.61. The summed E-state index contributed by atoms with van der Waals surface area (Å²) in [5.41, 5.74) is 6.34. The molecule has 2 aliphatic rings. The van der Waals surface area contributed by atoms with Gasteiger partial charge in [-0.1, -0.05) is 42.5 Å². The Bertz CT molecular complexity index is 1640. The van der Waals surface area contributed by atoms with E-state index in [1.807, 2.05) is 61.5 Å². The Hall–Kier alpha value is -4.69. The zero-order valence-corrected chi connectivity index (χ0v) is 23.7. The lowest BCUT2D eigenvalue weighted by molar-refractivity contribution is 0.0766. The van der Waals surface area contributed by atoms with Gasteiger partial charge in [0.2, 0.25) is 0 Å². The molecule has 0 bridgehead atoms. The van der Waals surface area contributed by atoms with Crippen molar-refractivity contribution in [1.82, 2.24) is 9.88 Å². The van der Waals surface area contributed by atoms with E-state index >= 15 is 0 Å². The third-order valence-electron chi connectivity index (χ3n) is 7.91. The van der Waals surface area contributed by atoms with Crippen LogP contribution < -0.4 is 14.4 Å². The quantitative estimate of drug-likeness (QED) is 0.282. The SMILES string of the molecule is COc1ccc(N2Cc3ccc(CN4Cc5cnc(CO)cc5C4=O)cc3C2=O)cc1OC(C)CCc1ccccc1. The number of benzene rings is 3. The summed E-state index contributed by atoms with van der Waals surface area (Å²) in [6.07, 6.45) is 3.36. The van der Waals surface area contributed by atoms with Crippen molar-refractivity contribution < 1.29 is 24.2 Å². The third-order valence-corrected chi connectivity index (χ3v) is 7.91. The largest absolute Gasteiger partial charge is 0.493 e. The van der Waals surface area contributed by atoms with E-state index in [9.17, 15) is 14.7 Å². The average Bonchev–Trinajstić information content (AvgIpc) is 3.51. The number of carbonyl (C=O) groups is 2. The van der Waals surface area contributed by atoms with Crippen LogP contribution in [-0.4, -0.2) is 40.0 Å². The summed E-state index contributed by atoms with van der Waals surface area (Å²) >= 11 is 0. The number of methoxy groups -OCH3 is 1.